The van der Waals surface area contributed by atoms with Gasteiger partial charge in [0.25, 0.3) is 5.91 Å². The number of amides is 1. The van der Waals surface area contributed by atoms with Gasteiger partial charge in [-0.05, 0) is 24.7 Å². The lowest BCUT2D eigenvalue weighted by Crippen LogP contribution is -2.49. The highest BCUT2D eigenvalue weighted by atomic mass is 32.1. The minimum atomic E-state index is -0.112. The summed E-state index contributed by atoms with van der Waals surface area (Å²) in [6.45, 7) is 1.94. The topological polar surface area (TPSA) is 44.4 Å². The van der Waals surface area contributed by atoms with Gasteiger partial charge in [-0.25, -0.2) is 0 Å². The van der Waals surface area contributed by atoms with Gasteiger partial charge in [0, 0.05) is 14.1 Å². The highest BCUT2D eigenvalue weighted by molar-refractivity contribution is 7.80. The van der Waals surface area contributed by atoms with Gasteiger partial charge in [0.2, 0.25) is 0 Å². The van der Waals surface area contributed by atoms with E-state index in [1.165, 1.54) is 0 Å². The fourth-order valence-corrected chi connectivity index (χ4v) is 2.35. The molecule has 0 radical (unpaired) electrons. The Labute approximate surface area is 118 Å². The van der Waals surface area contributed by atoms with Gasteiger partial charge >= 0.3 is 0 Å². The van der Waals surface area contributed by atoms with E-state index < -0.39 is 0 Å². The SMILES string of the molecule is CC1NC(=S)NC(c2ccccc2)=C1C(=O)N(C)C. The lowest BCUT2D eigenvalue weighted by Gasteiger charge is -2.30. The zero-order valence-electron chi connectivity index (χ0n) is 11.2. The molecular formula is C14H17N3OS. The number of hydrogen-bond donors (Lipinski definition) is 2. The quantitative estimate of drug-likeness (QED) is 0.800. The molecule has 1 amide bonds. The van der Waals surface area contributed by atoms with Gasteiger partial charge in [-0.15, -0.1) is 0 Å². The maximum absolute atomic E-state index is 12.3. The normalized spacial score (nSPS) is 18.7. The Hall–Kier alpha value is -1.88. The van der Waals surface area contributed by atoms with Crippen molar-refractivity contribution >= 4 is 28.9 Å². The van der Waals surface area contributed by atoms with Crippen LogP contribution in [0, 0.1) is 0 Å². The predicted octanol–water partition coefficient (Wildman–Crippen LogP) is 1.35. The molecule has 0 aromatic heterocycles. The Morgan fingerprint density at radius 2 is 1.89 bits per heavy atom. The van der Waals surface area contributed by atoms with E-state index in [2.05, 4.69) is 10.6 Å². The second kappa shape index (κ2) is 5.40. The highest BCUT2D eigenvalue weighted by Crippen LogP contribution is 2.22. The number of thiocarbonyl (C=S) groups is 1. The molecule has 1 aliphatic rings. The number of benzene rings is 1. The van der Waals surface area contributed by atoms with Crippen LogP contribution in [0.15, 0.2) is 35.9 Å². The Balaban J connectivity index is 2.56. The Morgan fingerprint density at radius 3 is 2.47 bits per heavy atom. The van der Waals surface area contributed by atoms with E-state index >= 15 is 0 Å². The van der Waals surface area contributed by atoms with Crippen molar-refractivity contribution in [2.24, 2.45) is 0 Å². The van der Waals surface area contributed by atoms with E-state index in [0.29, 0.717) is 10.7 Å². The summed E-state index contributed by atoms with van der Waals surface area (Å²) in [4.78, 5) is 13.9. The predicted molar refractivity (Wildman–Crippen MR) is 80.4 cm³/mol. The van der Waals surface area contributed by atoms with Crippen molar-refractivity contribution in [2.45, 2.75) is 13.0 Å². The zero-order chi connectivity index (χ0) is 14.0. The Morgan fingerprint density at radius 1 is 1.26 bits per heavy atom. The molecular weight excluding hydrogens is 258 g/mol. The fraction of sp³-hybridized carbons (Fsp3) is 0.286. The van der Waals surface area contributed by atoms with E-state index in [0.717, 1.165) is 11.3 Å². The first-order valence-corrected chi connectivity index (χ1v) is 6.50. The minimum Gasteiger partial charge on any atom is -0.356 e. The van der Waals surface area contributed by atoms with Crippen LogP contribution in [0.25, 0.3) is 5.70 Å². The summed E-state index contributed by atoms with van der Waals surface area (Å²) in [6, 6.07) is 9.64. The number of carbonyl (C=O) groups is 1. The van der Waals surface area contributed by atoms with E-state index in [4.69, 9.17) is 12.2 Å². The maximum Gasteiger partial charge on any atom is 0.253 e. The molecule has 0 saturated heterocycles. The Bertz CT molecular complexity index is 537. The summed E-state index contributed by atoms with van der Waals surface area (Å²) in [5, 5.41) is 6.72. The molecule has 1 atom stereocenters. The Kier molecular flexibility index (Phi) is 3.85. The maximum atomic E-state index is 12.3. The summed E-state index contributed by atoms with van der Waals surface area (Å²) in [6.07, 6.45) is 0. The lowest BCUT2D eigenvalue weighted by molar-refractivity contribution is -0.124. The van der Waals surface area contributed by atoms with E-state index in [-0.39, 0.29) is 11.9 Å². The molecule has 100 valence electrons. The fourth-order valence-electron chi connectivity index (χ4n) is 2.07. The van der Waals surface area contributed by atoms with Crippen LogP contribution in [0.5, 0.6) is 0 Å². The van der Waals surface area contributed by atoms with Gasteiger partial charge in [-0.2, -0.15) is 0 Å². The first kappa shape index (κ1) is 13.5. The summed E-state index contributed by atoms with van der Waals surface area (Å²) in [5.74, 6) is -0.0196. The molecule has 2 rings (SSSR count). The molecule has 0 fully saturated rings. The van der Waals surface area contributed by atoms with Gasteiger partial charge < -0.3 is 15.5 Å². The van der Waals surface area contributed by atoms with Crippen LogP contribution in [-0.2, 0) is 4.79 Å². The molecule has 1 aliphatic heterocycles. The van der Waals surface area contributed by atoms with Gasteiger partial charge in [0.15, 0.2) is 5.11 Å². The monoisotopic (exact) mass is 275 g/mol. The second-order valence-electron chi connectivity index (χ2n) is 4.67. The number of nitrogens with one attached hydrogen (secondary N) is 2. The molecule has 5 heteroatoms. The van der Waals surface area contributed by atoms with Gasteiger partial charge in [0.1, 0.15) is 0 Å². The van der Waals surface area contributed by atoms with Crippen molar-refractivity contribution < 1.29 is 4.79 Å². The van der Waals surface area contributed by atoms with Crippen molar-refractivity contribution in [3.8, 4) is 0 Å². The van der Waals surface area contributed by atoms with Crippen molar-refractivity contribution in [2.75, 3.05) is 14.1 Å². The van der Waals surface area contributed by atoms with E-state index in [1.54, 1.807) is 19.0 Å². The first-order valence-electron chi connectivity index (χ1n) is 6.09. The number of hydrogen-bond acceptors (Lipinski definition) is 2. The largest absolute Gasteiger partial charge is 0.356 e. The summed E-state index contributed by atoms with van der Waals surface area (Å²) in [5.41, 5.74) is 2.45. The number of carbonyl (C=O) groups excluding carboxylic acids is 1. The van der Waals surface area contributed by atoms with Crippen LogP contribution in [-0.4, -0.2) is 36.1 Å². The number of likely N-dealkylation sites (N-methyl/N-ethyl adjacent to an activating group) is 1. The molecule has 19 heavy (non-hydrogen) atoms. The van der Waals surface area contributed by atoms with Crippen LogP contribution in [0.2, 0.25) is 0 Å². The zero-order valence-corrected chi connectivity index (χ0v) is 12.0. The van der Waals surface area contributed by atoms with Gasteiger partial charge in [-0.3, -0.25) is 4.79 Å². The van der Waals surface area contributed by atoms with Gasteiger partial charge in [0.05, 0.1) is 17.3 Å². The molecule has 1 unspecified atom stereocenters. The van der Waals surface area contributed by atoms with Crippen molar-refractivity contribution in [1.29, 1.82) is 0 Å². The molecule has 0 saturated carbocycles. The molecule has 0 bridgehead atoms. The molecule has 2 N–H and O–H groups in total. The second-order valence-corrected chi connectivity index (χ2v) is 5.08. The summed E-state index contributed by atoms with van der Waals surface area (Å²) in [7, 11) is 3.50. The average molecular weight is 275 g/mol. The van der Waals surface area contributed by atoms with Crippen LogP contribution in [0.1, 0.15) is 12.5 Å². The molecule has 1 aromatic rings. The average Bonchev–Trinajstić information content (AvgIpc) is 2.38. The molecule has 1 aromatic carbocycles. The molecule has 4 nitrogen and oxygen atoms in total. The van der Waals surface area contributed by atoms with Crippen LogP contribution < -0.4 is 10.6 Å². The van der Waals surface area contributed by atoms with Crippen LogP contribution in [0.4, 0.5) is 0 Å². The summed E-state index contributed by atoms with van der Waals surface area (Å²) >= 11 is 5.18. The minimum absolute atomic E-state index is 0.0196. The number of nitrogens with zero attached hydrogens (tertiary/aromatic N) is 1. The lowest BCUT2D eigenvalue weighted by atomic mass is 9.98. The van der Waals surface area contributed by atoms with Crippen LogP contribution >= 0.6 is 12.2 Å². The third-order valence-corrected chi connectivity index (χ3v) is 3.21. The van der Waals surface area contributed by atoms with Crippen molar-refractivity contribution in [3.05, 3.63) is 41.5 Å². The smallest absolute Gasteiger partial charge is 0.253 e. The molecule has 0 aliphatic carbocycles. The number of rotatable bonds is 2. The van der Waals surface area contributed by atoms with E-state index in [9.17, 15) is 4.79 Å². The molecule has 0 spiro atoms. The highest BCUT2D eigenvalue weighted by Gasteiger charge is 2.28. The van der Waals surface area contributed by atoms with E-state index in [1.807, 2.05) is 37.3 Å². The van der Waals surface area contributed by atoms with Crippen molar-refractivity contribution in [3.63, 3.8) is 0 Å². The van der Waals surface area contributed by atoms with Gasteiger partial charge in [-0.1, -0.05) is 30.3 Å². The van der Waals surface area contributed by atoms with Crippen molar-refractivity contribution in [1.82, 2.24) is 15.5 Å². The third kappa shape index (κ3) is 2.76. The molecule has 1 heterocycles. The van der Waals surface area contributed by atoms with Crippen LogP contribution in [0.3, 0.4) is 0 Å². The summed E-state index contributed by atoms with van der Waals surface area (Å²) < 4.78 is 0. The standard InChI is InChI=1S/C14H17N3OS/c1-9-11(13(18)17(2)3)12(16-14(19)15-9)10-7-5-4-6-8-10/h4-9H,1-3H3,(H2,15,16,19). The third-order valence-electron chi connectivity index (χ3n) is 2.99. The first-order chi connectivity index (χ1) is 9.00.